The lowest BCUT2D eigenvalue weighted by molar-refractivity contribution is -0.117. The van der Waals surface area contributed by atoms with Gasteiger partial charge in [0, 0.05) is 13.1 Å². The van der Waals surface area contributed by atoms with Crippen LogP contribution in [-0.4, -0.2) is 43.9 Å². The molecule has 3 rings (SSSR count). The number of carbonyl (C=O) groups excluding carboxylic acids is 2. The second-order valence-corrected chi connectivity index (χ2v) is 7.47. The molecule has 9 heteroatoms. The van der Waals surface area contributed by atoms with Gasteiger partial charge in [0.15, 0.2) is 0 Å². The summed E-state index contributed by atoms with van der Waals surface area (Å²) in [6.45, 7) is 2.04. The average molecular weight is 338 g/mol. The number of hydrogen-bond donors (Lipinski definition) is 2. The molecular formula is C14H22N6O2S. The van der Waals surface area contributed by atoms with Crippen LogP contribution in [0.2, 0.25) is 0 Å². The van der Waals surface area contributed by atoms with Crippen molar-refractivity contribution in [3.63, 3.8) is 0 Å². The van der Waals surface area contributed by atoms with Crippen LogP contribution in [0, 0.1) is 17.8 Å². The van der Waals surface area contributed by atoms with E-state index in [1.165, 1.54) is 42.1 Å². The van der Waals surface area contributed by atoms with Gasteiger partial charge in [-0.3, -0.25) is 10.1 Å². The highest BCUT2D eigenvalue weighted by molar-refractivity contribution is 7.99. The number of rotatable bonds is 5. The van der Waals surface area contributed by atoms with Crippen molar-refractivity contribution < 1.29 is 9.59 Å². The minimum atomic E-state index is -0.415. The number of fused-ring (bicyclic) bond motifs is 2. The number of tetrazole rings is 1. The first kappa shape index (κ1) is 16.2. The molecule has 2 N–H and O–H groups in total. The minimum Gasteiger partial charge on any atom is -0.335 e. The standard InChI is InChI=1S/C14H22N6O2S/c1-8(11-6-9-3-4-10(11)5-9)15-13(22)16-12(21)7-23-14-17-18-19-20(14)2/h8-11H,3-7H2,1-2H3,(H2,15,16,21,22). The Morgan fingerprint density at radius 2 is 2.22 bits per heavy atom. The van der Waals surface area contributed by atoms with Crippen molar-refractivity contribution in [1.82, 2.24) is 30.8 Å². The lowest BCUT2D eigenvalue weighted by Crippen LogP contribution is -2.47. The Labute approximate surface area is 139 Å². The van der Waals surface area contributed by atoms with E-state index in [0.29, 0.717) is 11.1 Å². The predicted molar refractivity (Wildman–Crippen MR) is 84.6 cm³/mol. The Balaban J connectivity index is 1.40. The van der Waals surface area contributed by atoms with Crippen LogP contribution in [0.5, 0.6) is 0 Å². The number of amides is 3. The zero-order chi connectivity index (χ0) is 16.4. The van der Waals surface area contributed by atoms with Gasteiger partial charge in [-0.1, -0.05) is 18.2 Å². The number of nitrogens with one attached hydrogen (secondary N) is 2. The molecule has 0 aromatic carbocycles. The van der Waals surface area contributed by atoms with Crippen LogP contribution in [0.4, 0.5) is 4.79 Å². The number of aromatic nitrogens is 4. The van der Waals surface area contributed by atoms with Crippen LogP contribution in [-0.2, 0) is 11.8 Å². The highest BCUT2D eigenvalue weighted by atomic mass is 32.2. The molecule has 1 heterocycles. The Morgan fingerprint density at radius 1 is 1.39 bits per heavy atom. The molecule has 2 fully saturated rings. The van der Waals surface area contributed by atoms with E-state index in [9.17, 15) is 9.59 Å². The van der Waals surface area contributed by atoms with Crippen molar-refractivity contribution in [1.29, 1.82) is 0 Å². The minimum absolute atomic E-state index is 0.101. The van der Waals surface area contributed by atoms with E-state index in [-0.39, 0.29) is 17.7 Å². The SMILES string of the molecule is CC(NC(=O)NC(=O)CSc1nnnn1C)C1CC2CCC1C2. The number of nitrogens with zero attached hydrogens (tertiary/aromatic N) is 4. The van der Waals surface area contributed by atoms with E-state index in [1.807, 2.05) is 6.92 Å². The van der Waals surface area contributed by atoms with Crippen molar-refractivity contribution in [3.05, 3.63) is 0 Å². The van der Waals surface area contributed by atoms with Gasteiger partial charge in [0.05, 0.1) is 5.75 Å². The molecule has 4 atom stereocenters. The van der Waals surface area contributed by atoms with Crippen molar-refractivity contribution in [2.75, 3.05) is 5.75 Å². The second kappa shape index (κ2) is 6.86. The van der Waals surface area contributed by atoms with Crippen LogP contribution < -0.4 is 10.6 Å². The van der Waals surface area contributed by atoms with Gasteiger partial charge in [-0.25, -0.2) is 9.48 Å². The highest BCUT2D eigenvalue weighted by Gasteiger charge is 2.42. The van der Waals surface area contributed by atoms with Gasteiger partial charge in [0.1, 0.15) is 0 Å². The quantitative estimate of drug-likeness (QED) is 0.775. The topological polar surface area (TPSA) is 102 Å². The number of hydrogen-bond acceptors (Lipinski definition) is 6. The molecule has 3 amide bonds. The number of carbonyl (C=O) groups is 2. The van der Waals surface area contributed by atoms with Gasteiger partial charge in [0.25, 0.3) is 0 Å². The first-order chi connectivity index (χ1) is 11.0. The van der Waals surface area contributed by atoms with Crippen LogP contribution in [0.3, 0.4) is 0 Å². The summed E-state index contributed by atoms with van der Waals surface area (Å²) in [5, 5.41) is 16.8. The lowest BCUT2D eigenvalue weighted by atomic mass is 9.84. The fourth-order valence-corrected chi connectivity index (χ4v) is 4.54. The normalized spacial score (nSPS) is 27.0. The third kappa shape index (κ3) is 3.82. The number of urea groups is 1. The zero-order valence-electron chi connectivity index (χ0n) is 13.4. The van der Waals surface area contributed by atoms with E-state index in [4.69, 9.17) is 0 Å². The van der Waals surface area contributed by atoms with Crippen LogP contribution in [0.1, 0.15) is 32.6 Å². The third-order valence-electron chi connectivity index (χ3n) is 4.96. The fourth-order valence-electron chi connectivity index (χ4n) is 3.89. The summed E-state index contributed by atoms with van der Waals surface area (Å²) in [4.78, 5) is 23.8. The molecule has 126 valence electrons. The molecule has 2 aliphatic rings. The van der Waals surface area contributed by atoms with Crippen molar-refractivity contribution in [3.8, 4) is 0 Å². The maximum absolute atomic E-state index is 12.0. The maximum atomic E-state index is 12.0. The van der Waals surface area contributed by atoms with Crippen LogP contribution in [0.25, 0.3) is 0 Å². The highest BCUT2D eigenvalue weighted by Crippen LogP contribution is 2.49. The van der Waals surface area contributed by atoms with E-state index in [2.05, 4.69) is 26.2 Å². The third-order valence-corrected chi connectivity index (χ3v) is 5.97. The summed E-state index contributed by atoms with van der Waals surface area (Å²) in [6.07, 6.45) is 5.13. The van der Waals surface area contributed by atoms with Gasteiger partial charge in [-0.05, 0) is 54.4 Å². The summed E-state index contributed by atoms with van der Waals surface area (Å²) in [6, 6.07) is -0.310. The molecule has 0 saturated heterocycles. The molecule has 8 nitrogen and oxygen atoms in total. The molecule has 23 heavy (non-hydrogen) atoms. The van der Waals surface area contributed by atoms with Gasteiger partial charge in [0.2, 0.25) is 11.1 Å². The summed E-state index contributed by atoms with van der Waals surface area (Å²) < 4.78 is 1.48. The van der Waals surface area contributed by atoms with Gasteiger partial charge < -0.3 is 5.32 Å². The molecule has 0 spiro atoms. The summed E-state index contributed by atoms with van der Waals surface area (Å²) in [7, 11) is 1.70. The summed E-state index contributed by atoms with van der Waals surface area (Å²) in [5.41, 5.74) is 0. The lowest BCUT2D eigenvalue weighted by Gasteiger charge is -2.28. The van der Waals surface area contributed by atoms with E-state index in [0.717, 1.165) is 11.8 Å². The molecule has 2 bridgehead atoms. The Bertz CT molecular complexity index is 592. The van der Waals surface area contributed by atoms with E-state index >= 15 is 0 Å². The van der Waals surface area contributed by atoms with Gasteiger partial charge >= 0.3 is 6.03 Å². The molecule has 1 aromatic rings. The van der Waals surface area contributed by atoms with Gasteiger partial charge in [-0.2, -0.15) is 0 Å². The summed E-state index contributed by atoms with van der Waals surface area (Å²) >= 11 is 1.19. The van der Waals surface area contributed by atoms with Crippen molar-refractivity contribution in [2.45, 2.75) is 43.8 Å². The molecular weight excluding hydrogens is 316 g/mol. The predicted octanol–water partition coefficient (Wildman–Crippen LogP) is 0.953. The Morgan fingerprint density at radius 3 is 2.83 bits per heavy atom. The number of thioether (sulfide) groups is 1. The maximum Gasteiger partial charge on any atom is 0.321 e. The average Bonchev–Trinajstić information content (AvgIpc) is 3.21. The fraction of sp³-hybridized carbons (Fsp3) is 0.786. The Kier molecular flexibility index (Phi) is 4.84. The molecule has 0 aliphatic heterocycles. The Hall–Kier alpha value is -1.64. The van der Waals surface area contributed by atoms with Crippen LogP contribution >= 0.6 is 11.8 Å². The second-order valence-electron chi connectivity index (χ2n) is 6.52. The van der Waals surface area contributed by atoms with E-state index < -0.39 is 6.03 Å². The first-order valence-corrected chi connectivity index (χ1v) is 8.97. The summed E-state index contributed by atoms with van der Waals surface area (Å²) in [5.74, 6) is 1.88. The zero-order valence-corrected chi connectivity index (χ0v) is 14.2. The number of aryl methyl sites for hydroxylation is 1. The molecule has 1 aromatic heterocycles. The molecule has 2 saturated carbocycles. The largest absolute Gasteiger partial charge is 0.335 e. The molecule has 4 unspecified atom stereocenters. The van der Waals surface area contributed by atoms with Crippen molar-refractivity contribution >= 4 is 23.7 Å². The van der Waals surface area contributed by atoms with Crippen molar-refractivity contribution in [2.24, 2.45) is 24.8 Å². The van der Waals surface area contributed by atoms with E-state index in [1.54, 1.807) is 7.05 Å². The smallest absolute Gasteiger partial charge is 0.321 e. The molecule has 2 aliphatic carbocycles. The number of imide groups is 1. The van der Waals surface area contributed by atoms with Crippen LogP contribution in [0.15, 0.2) is 5.16 Å². The monoisotopic (exact) mass is 338 g/mol. The van der Waals surface area contributed by atoms with Gasteiger partial charge in [-0.15, -0.1) is 5.10 Å². The first-order valence-electron chi connectivity index (χ1n) is 7.98. The molecule has 0 radical (unpaired) electrons.